The second-order valence-corrected chi connectivity index (χ2v) is 3.34. The summed E-state index contributed by atoms with van der Waals surface area (Å²) in [5.41, 5.74) is 1.01. The maximum Gasteiger partial charge on any atom is 0.526 e. The Bertz CT molecular complexity index is 325. The van der Waals surface area contributed by atoms with Crippen molar-refractivity contribution in [3.8, 4) is 5.75 Å². The molecule has 0 saturated heterocycles. The minimum atomic E-state index is -0.803. The Labute approximate surface area is 95.0 Å². The van der Waals surface area contributed by atoms with Gasteiger partial charge in [0.1, 0.15) is 5.75 Å². The van der Waals surface area contributed by atoms with Gasteiger partial charge in [-0.15, -0.1) is 0 Å². The Morgan fingerprint density at radius 3 is 2.80 bits per heavy atom. The highest BCUT2D eigenvalue weighted by Gasteiger charge is 2.08. The van der Waals surface area contributed by atoms with Crippen molar-refractivity contribution < 1.29 is 13.7 Å². The van der Waals surface area contributed by atoms with Gasteiger partial charge in [0.2, 0.25) is 0 Å². The summed E-state index contributed by atoms with van der Waals surface area (Å²) in [6, 6.07) is 7.42. The third kappa shape index (κ3) is 3.83. The number of aryl methyl sites for hydroxylation is 1. The van der Waals surface area contributed by atoms with Crippen LogP contribution < -0.4 is 4.74 Å². The molecule has 3 nitrogen and oxygen atoms in total. The normalized spacial score (nSPS) is 9.73. The topological polar surface area (TPSA) is 35.5 Å². The number of carbonyl (C=O) groups is 1. The van der Waals surface area contributed by atoms with E-state index in [-0.39, 0.29) is 0 Å². The molecule has 0 aliphatic heterocycles. The number of ether oxygens (including phenoxy) is 1. The van der Waals surface area contributed by atoms with Crippen molar-refractivity contribution in [2.45, 2.75) is 26.2 Å². The molecule has 0 unspecified atom stereocenters. The van der Waals surface area contributed by atoms with Crippen LogP contribution in [0, 0.1) is 0 Å². The molecule has 82 valence electrons. The Hall–Kier alpha value is -1.16. The first-order chi connectivity index (χ1) is 7.27. The molecule has 0 aromatic heterocycles. The van der Waals surface area contributed by atoms with Gasteiger partial charge >= 0.3 is 6.16 Å². The van der Waals surface area contributed by atoms with Gasteiger partial charge < -0.3 is 8.92 Å². The summed E-state index contributed by atoms with van der Waals surface area (Å²) in [7, 11) is 0. The van der Waals surface area contributed by atoms with Gasteiger partial charge in [-0.05, 0) is 24.5 Å². The van der Waals surface area contributed by atoms with E-state index in [4.69, 9.17) is 4.74 Å². The molecular weight excluding hydrogens is 212 g/mol. The van der Waals surface area contributed by atoms with E-state index in [1.807, 2.05) is 18.2 Å². The maximum absolute atomic E-state index is 10.9. The average molecular weight is 226 g/mol. The molecule has 0 N–H and O–H groups in total. The van der Waals surface area contributed by atoms with Gasteiger partial charge in [0.05, 0.1) is 0 Å². The lowest BCUT2D eigenvalue weighted by Gasteiger charge is -2.07. The van der Waals surface area contributed by atoms with Crippen molar-refractivity contribution in [1.82, 2.24) is 0 Å². The fourth-order valence-corrected chi connectivity index (χ4v) is 1.32. The summed E-state index contributed by atoms with van der Waals surface area (Å²) >= 11 is 3.38. The van der Waals surface area contributed by atoms with Crippen LogP contribution in [-0.2, 0) is 10.6 Å². The quantitative estimate of drug-likeness (QED) is 0.370. The predicted octanol–water partition coefficient (Wildman–Crippen LogP) is 3.39. The molecule has 1 rings (SSSR count). The van der Waals surface area contributed by atoms with E-state index in [0.29, 0.717) is 5.75 Å². The predicted molar refractivity (Wildman–Crippen MR) is 61.1 cm³/mol. The van der Waals surface area contributed by atoms with Crippen LogP contribution >= 0.6 is 12.9 Å². The minimum Gasteiger partial charge on any atom is -0.394 e. The van der Waals surface area contributed by atoms with Crippen LogP contribution in [0.1, 0.15) is 25.3 Å². The van der Waals surface area contributed by atoms with Gasteiger partial charge in [-0.2, -0.15) is 0 Å². The molecule has 0 atom stereocenters. The molecule has 1 aromatic rings. The van der Waals surface area contributed by atoms with Crippen LogP contribution in [-0.4, -0.2) is 6.16 Å². The molecule has 0 fully saturated rings. The lowest BCUT2D eigenvalue weighted by atomic mass is 10.1. The van der Waals surface area contributed by atoms with Crippen LogP contribution in [0.3, 0.4) is 0 Å². The van der Waals surface area contributed by atoms with E-state index in [2.05, 4.69) is 24.0 Å². The highest BCUT2D eigenvalue weighted by Crippen LogP contribution is 2.20. The highest BCUT2D eigenvalue weighted by molar-refractivity contribution is 7.75. The Balaban J connectivity index is 2.72. The second kappa shape index (κ2) is 6.35. The first kappa shape index (κ1) is 11.9. The summed E-state index contributed by atoms with van der Waals surface area (Å²) in [5, 5.41) is 0. The lowest BCUT2D eigenvalue weighted by molar-refractivity contribution is 0.161. The van der Waals surface area contributed by atoms with Crippen LogP contribution in [0.15, 0.2) is 24.3 Å². The van der Waals surface area contributed by atoms with Crippen molar-refractivity contribution >= 4 is 19.1 Å². The van der Waals surface area contributed by atoms with Gasteiger partial charge in [-0.1, -0.05) is 31.5 Å². The molecule has 0 aliphatic rings. The van der Waals surface area contributed by atoms with Crippen molar-refractivity contribution in [2.75, 3.05) is 0 Å². The van der Waals surface area contributed by atoms with Gasteiger partial charge in [0.15, 0.2) is 0 Å². The molecule has 0 amide bonds. The van der Waals surface area contributed by atoms with Crippen LogP contribution in [0.2, 0.25) is 0 Å². The largest absolute Gasteiger partial charge is 0.526 e. The zero-order valence-corrected chi connectivity index (χ0v) is 9.50. The zero-order valence-electron chi connectivity index (χ0n) is 8.60. The summed E-state index contributed by atoms with van der Waals surface area (Å²) in [4.78, 5) is 10.9. The molecule has 1 aromatic carbocycles. The summed E-state index contributed by atoms with van der Waals surface area (Å²) in [6.07, 6.45) is 2.26. The van der Waals surface area contributed by atoms with Crippen molar-refractivity contribution in [3.63, 3.8) is 0 Å². The van der Waals surface area contributed by atoms with Crippen LogP contribution in [0.4, 0.5) is 4.79 Å². The Morgan fingerprint density at radius 2 is 2.13 bits per heavy atom. The standard InChI is InChI=1S/C11H14O3S/c1-2-3-6-9-7-4-5-8-10(9)13-11(12)14-15/h4-5,7-8,15H,2-3,6H2,1H3. The SMILES string of the molecule is CCCCc1ccccc1OC(=O)OS. The van der Waals surface area contributed by atoms with Gasteiger partial charge in [0, 0.05) is 12.9 Å². The van der Waals surface area contributed by atoms with E-state index in [9.17, 15) is 4.79 Å². The number of hydrogen-bond acceptors (Lipinski definition) is 4. The molecular formula is C11H14O3S. The fourth-order valence-electron chi connectivity index (χ4n) is 1.29. The fraction of sp³-hybridized carbons (Fsp3) is 0.364. The van der Waals surface area contributed by atoms with E-state index in [1.54, 1.807) is 6.07 Å². The monoisotopic (exact) mass is 226 g/mol. The highest BCUT2D eigenvalue weighted by atomic mass is 32.1. The lowest BCUT2D eigenvalue weighted by Crippen LogP contribution is -2.06. The van der Waals surface area contributed by atoms with E-state index in [0.717, 1.165) is 24.8 Å². The molecule has 4 heteroatoms. The molecule has 0 bridgehead atoms. The third-order valence-corrected chi connectivity index (χ3v) is 2.19. The van der Waals surface area contributed by atoms with Crippen molar-refractivity contribution in [1.29, 1.82) is 0 Å². The zero-order chi connectivity index (χ0) is 11.1. The molecule has 0 heterocycles. The van der Waals surface area contributed by atoms with Crippen LogP contribution in [0.5, 0.6) is 5.75 Å². The van der Waals surface area contributed by atoms with E-state index < -0.39 is 6.16 Å². The minimum absolute atomic E-state index is 0.546. The Kier molecular flexibility index (Phi) is 5.04. The molecule has 0 radical (unpaired) electrons. The number of benzene rings is 1. The van der Waals surface area contributed by atoms with Gasteiger partial charge in [-0.25, -0.2) is 4.79 Å². The van der Waals surface area contributed by atoms with Gasteiger partial charge in [-0.3, -0.25) is 0 Å². The summed E-state index contributed by atoms with van der Waals surface area (Å²) in [6.45, 7) is 2.12. The smallest absolute Gasteiger partial charge is 0.394 e. The number of rotatable bonds is 4. The first-order valence-corrected chi connectivity index (χ1v) is 5.25. The third-order valence-electron chi connectivity index (χ3n) is 2.04. The van der Waals surface area contributed by atoms with Crippen molar-refractivity contribution in [2.24, 2.45) is 0 Å². The Morgan fingerprint density at radius 1 is 1.40 bits per heavy atom. The maximum atomic E-state index is 10.9. The van der Waals surface area contributed by atoms with E-state index in [1.165, 1.54) is 0 Å². The molecule has 0 saturated carbocycles. The molecule has 0 aliphatic carbocycles. The number of carbonyl (C=O) groups excluding carboxylic acids is 1. The summed E-state index contributed by atoms with van der Waals surface area (Å²) in [5.74, 6) is 0.546. The number of unbranched alkanes of at least 4 members (excludes halogenated alkanes) is 1. The number of para-hydroxylation sites is 1. The van der Waals surface area contributed by atoms with E-state index >= 15 is 0 Å². The van der Waals surface area contributed by atoms with Crippen molar-refractivity contribution in [3.05, 3.63) is 29.8 Å². The van der Waals surface area contributed by atoms with Gasteiger partial charge in [0.25, 0.3) is 0 Å². The summed E-state index contributed by atoms with van der Waals surface area (Å²) < 4.78 is 9.10. The number of hydrogen-bond donors (Lipinski definition) is 1. The molecule has 15 heavy (non-hydrogen) atoms. The number of thiol groups is 1. The average Bonchev–Trinajstić information content (AvgIpc) is 2.28. The molecule has 0 spiro atoms. The first-order valence-electron chi connectivity index (χ1n) is 4.89. The second-order valence-electron chi connectivity index (χ2n) is 3.15. The van der Waals surface area contributed by atoms with Crippen LogP contribution in [0.25, 0.3) is 0 Å².